The second-order valence-electron chi connectivity index (χ2n) is 9.87. The molecule has 0 spiro atoms. The van der Waals surface area contributed by atoms with Crippen LogP contribution in [0.1, 0.15) is 33.6 Å². The Balaban J connectivity index is 1.52. The van der Waals surface area contributed by atoms with Crippen LogP contribution in [0.15, 0.2) is 87.1 Å². The Labute approximate surface area is 220 Å². The number of furan rings is 1. The van der Waals surface area contributed by atoms with Gasteiger partial charge in [-0.15, -0.1) is 0 Å². The highest BCUT2D eigenvalue weighted by atomic mass is 16.3. The van der Waals surface area contributed by atoms with Gasteiger partial charge in [0.15, 0.2) is 5.76 Å². The van der Waals surface area contributed by atoms with E-state index in [0.29, 0.717) is 22.5 Å². The molecule has 6 nitrogen and oxygen atoms in total. The molecule has 3 aromatic carbocycles. The van der Waals surface area contributed by atoms with Gasteiger partial charge in [0.2, 0.25) is 5.82 Å². The second-order valence-corrected chi connectivity index (χ2v) is 9.87. The summed E-state index contributed by atoms with van der Waals surface area (Å²) in [5, 5.41) is 6.12. The smallest absolute Gasteiger partial charge is 0.282 e. The zero-order valence-electron chi connectivity index (χ0n) is 22.1. The molecule has 0 amide bonds. The third-order valence-electron chi connectivity index (χ3n) is 7.04. The molecule has 0 saturated carbocycles. The van der Waals surface area contributed by atoms with Crippen LogP contribution in [-0.4, -0.2) is 20.4 Å². The predicted molar refractivity (Wildman–Crippen MR) is 154 cm³/mol. The summed E-state index contributed by atoms with van der Waals surface area (Å²) >= 11 is 0. The number of para-hydroxylation sites is 2. The van der Waals surface area contributed by atoms with Gasteiger partial charge in [-0.3, -0.25) is 4.79 Å². The first kappa shape index (κ1) is 23.7. The molecule has 0 atom stereocenters. The molecule has 3 aromatic heterocycles. The van der Waals surface area contributed by atoms with Gasteiger partial charge in [0.1, 0.15) is 5.58 Å². The molecule has 3 heterocycles. The summed E-state index contributed by atoms with van der Waals surface area (Å²) in [6, 6.07) is 23.4. The Kier molecular flexibility index (Phi) is 5.60. The molecule has 0 radical (unpaired) electrons. The lowest BCUT2D eigenvalue weighted by molar-refractivity contribution is 0.616. The van der Waals surface area contributed by atoms with Crippen LogP contribution < -0.4 is 5.56 Å². The van der Waals surface area contributed by atoms with Crippen LogP contribution in [0.3, 0.4) is 0 Å². The predicted octanol–water partition coefficient (Wildman–Crippen LogP) is 7.02. The van der Waals surface area contributed by atoms with Gasteiger partial charge in [-0.05, 0) is 76.1 Å². The first-order valence-corrected chi connectivity index (χ1v) is 12.6. The van der Waals surface area contributed by atoms with Crippen molar-refractivity contribution >= 4 is 28.1 Å². The maximum atomic E-state index is 13.6. The average molecular weight is 501 g/mol. The zero-order chi connectivity index (χ0) is 26.6. The molecule has 0 aliphatic carbocycles. The Hall–Kier alpha value is -4.71. The minimum absolute atomic E-state index is 0.249. The standard InChI is InChI=1S/C32H28N4O2/c1-19-14-20(2)30(21(3)15-19)35-22(4)16-25(23(35)5)18-33-36-31(29-17-24-10-6-9-13-28(24)38-29)34-27-12-8-7-11-26(27)32(36)37/h6-18H,1-5H3. The van der Waals surface area contributed by atoms with Crippen LogP contribution in [-0.2, 0) is 0 Å². The van der Waals surface area contributed by atoms with E-state index in [2.05, 4.69) is 62.5 Å². The van der Waals surface area contributed by atoms with E-state index in [1.807, 2.05) is 48.5 Å². The van der Waals surface area contributed by atoms with Crippen molar-refractivity contribution < 1.29 is 4.42 Å². The van der Waals surface area contributed by atoms with Crippen molar-refractivity contribution in [1.82, 2.24) is 14.2 Å². The Morgan fingerprint density at radius 3 is 2.34 bits per heavy atom. The van der Waals surface area contributed by atoms with E-state index in [9.17, 15) is 4.79 Å². The van der Waals surface area contributed by atoms with Crippen molar-refractivity contribution in [2.24, 2.45) is 5.10 Å². The normalized spacial score (nSPS) is 11.8. The van der Waals surface area contributed by atoms with Crippen molar-refractivity contribution in [2.75, 3.05) is 0 Å². The fourth-order valence-electron chi connectivity index (χ4n) is 5.39. The maximum absolute atomic E-state index is 13.6. The van der Waals surface area contributed by atoms with Crippen LogP contribution in [0.25, 0.3) is 39.1 Å². The molecule has 0 aliphatic heterocycles. The highest BCUT2D eigenvalue weighted by Crippen LogP contribution is 2.28. The Morgan fingerprint density at radius 2 is 1.58 bits per heavy atom. The minimum atomic E-state index is -0.249. The molecule has 6 rings (SSSR count). The summed E-state index contributed by atoms with van der Waals surface area (Å²) in [4.78, 5) is 18.4. The SMILES string of the molecule is Cc1cc(C)c(-n2c(C)cc(C=Nn3c(-c4cc5ccccc5o4)nc4ccccc4c3=O)c2C)c(C)c1. The van der Waals surface area contributed by atoms with Crippen LogP contribution >= 0.6 is 0 Å². The number of fused-ring (bicyclic) bond motifs is 2. The topological polar surface area (TPSA) is 65.3 Å². The molecule has 0 fully saturated rings. The number of hydrogen-bond acceptors (Lipinski definition) is 4. The van der Waals surface area contributed by atoms with Crippen molar-refractivity contribution in [1.29, 1.82) is 0 Å². The van der Waals surface area contributed by atoms with E-state index < -0.39 is 0 Å². The number of rotatable bonds is 4. The number of hydrogen-bond donors (Lipinski definition) is 0. The molecule has 0 unspecified atom stereocenters. The monoisotopic (exact) mass is 500 g/mol. The molecule has 0 saturated heterocycles. The molecule has 0 bridgehead atoms. The quantitative estimate of drug-likeness (QED) is 0.244. The van der Waals surface area contributed by atoms with Gasteiger partial charge in [-0.1, -0.05) is 48.0 Å². The van der Waals surface area contributed by atoms with Gasteiger partial charge < -0.3 is 8.98 Å². The second kappa shape index (κ2) is 8.99. The van der Waals surface area contributed by atoms with Crippen LogP contribution in [0.4, 0.5) is 0 Å². The van der Waals surface area contributed by atoms with Gasteiger partial charge in [0.05, 0.1) is 22.8 Å². The Bertz CT molecular complexity index is 1900. The van der Waals surface area contributed by atoms with E-state index in [1.54, 1.807) is 12.3 Å². The lowest BCUT2D eigenvalue weighted by atomic mass is 10.0. The number of benzene rings is 3. The lowest BCUT2D eigenvalue weighted by Crippen LogP contribution is -2.20. The van der Waals surface area contributed by atoms with Crippen molar-refractivity contribution in [3.8, 4) is 17.3 Å². The first-order valence-electron chi connectivity index (χ1n) is 12.6. The molecule has 0 N–H and O–H groups in total. The van der Waals surface area contributed by atoms with Crippen LogP contribution in [0.2, 0.25) is 0 Å². The fourth-order valence-corrected chi connectivity index (χ4v) is 5.39. The molecule has 0 aliphatic rings. The molecular formula is C32H28N4O2. The summed E-state index contributed by atoms with van der Waals surface area (Å²) in [6.45, 7) is 10.6. The van der Waals surface area contributed by atoms with Crippen molar-refractivity contribution in [3.63, 3.8) is 0 Å². The Morgan fingerprint density at radius 1 is 0.868 bits per heavy atom. The summed E-state index contributed by atoms with van der Waals surface area (Å²) in [6.07, 6.45) is 1.74. The molecule has 188 valence electrons. The van der Waals surface area contributed by atoms with Gasteiger partial charge in [0, 0.05) is 22.3 Å². The third kappa shape index (κ3) is 3.86. The average Bonchev–Trinajstić information content (AvgIpc) is 3.44. The molecule has 6 heteroatoms. The summed E-state index contributed by atoms with van der Waals surface area (Å²) < 4.78 is 9.69. The molecule has 38 heavy (non-hydrogen) atoms. The van der Waals surface area contributed by atoms with Crippen LogP contribution in [0, 0.1) is 34.6 Å². The van der Waals surface area contributed by atoms with Crippen molar-refractivity contribution in [3.05, 3.63) is 117 Å². The first-order chi connectivity index (χ1) is 18.3. The summed E-state index contributed by atoms with van der Waals surface area (Å²) in [5.74, 6) is 0.850. The summed E-state index contributed by atoms with van der Waals surface area (Å²) in [7, 11) is 0. The highest BCUT2D eigenvalue weighted by Gasteiger charge is 2.18. The third-order valence-corrected chi connectivity index (χ3v) is 7.04. The number of aryl methyl sites for hydroxylation is 4. The summed E-state index contributed by atoms with van der Waals surface area (Å²) in [5.41, 5.74) is 9.01. The van der Waals surface area contributed by atoms with E-state index in [4.69, 9.17) is 9.40 Å². The minimum Gasteiger partial charge on any atom is -0.453 e. The maximum Gasteiger partial charge on any atom is 0.282 e. The van der Waals surface area contributed by atoms with Gasteiger partial charge in [-0.25, -0.2) is 4.98 Å². The van der Waals surface area contributed by atoms with Crippen molar-refractivity contribution in [2.45, 2.75) is 34.6 Å². The highest BCUT2D eigenvalue weighted by molar-refractivity contribution is 5.85. The van der Waals surface area contributed by atoms with Gasteiger partial charge >= 0.3 is 0 Å². The fraction of sp³-hybridized carbons (Fsp3) is 0.156. The molecule has 6 aromatic rings. The molecular weight excluding hydrogens is 472 g/mol. The number of aromatic nitrogens is 3. The van der Waals surface area contributed by atoms with E-state index >= 15 is 0 Å². The lowest BCUT2D eigenvalue weighted by Gasteiger charge is -2.16. The largest absolute Gasteiger partial charge is 0.453 e. The van der Waals surface area contributed by atoms with Crippen LogP contribution in [0.5, 0.6) is 0 Å². The zero-order valence-corrected chi connectivity index (χ0v) is 22.1. The van der Waals surface area contributed by atoms with E-state index in [-0.39, 0.29) is 5.56 Å². The van der Waals surface area contributed by atoms with E-state index in [0.717, 1.165) is 27.9 Å². The van der Waals surface area contributed by atoms with Gasteiger partial charge in [0.25, 0.3) is 5.56 Å². The van der Waals surface area contributed by atoms with Gasteiger partial charge in [-0.2, -0.15) is 9.78 Å². The number of nitrogens with zero attached hydrogens (tertiary/aromatic N) is 4. The van der Waals surface area contributed by atoms with E-state index in [1.165, 1.54) is 27.1 Å².